The second kappa shape index (κ2) is 9.90. The van der Waals surface area contributed by atoms with E-state index in [4.69, 9.17) is 28.9 Å². The molecular formula is C23H28Cl2N4O2. The van der Waals surface area contributed by atoms with Crippen LogP contribution in [0.25, 0.3) is 11.1 Å². The minimum Gasteiger partial charge on any atom is -0.366 e. The molecule has 2 aromatic carbocycles. The van der Waals surface area contributed by atoms with E-state index in [1.807, 2.05) is 32.2 Å². The number of hydrogen-bond donors (Lipinski definition) is 2. The Hall–Kier alpha value is -2.28. The molecule has 2 aromatic rings. The standard InChI is InChI=1S/C23H28Cl2N4O2/c1-14(27-23(31)29(3)17-8-10-28(2)11-9-17)18-6-4-15(12-20(18)24)19-7-5-16(22(26)30)13-21(19)25/h4-7,12-14,17H,8-11H2,1-3H3,(H2,26,30)(H,27,31). The van der Waals surface area contributed by atoms with Gasteiger partial charge in [-0.05, 0) is 69.2 Å². The van der Waals surface area contributed by atoms with Gasteiger partial charge in [-0.3, -0.25) is 4.79 Å². The normalized spacial score (nSPS) is 16.0. The van der Waals surface area contributed by atoms with Crippen molar-refractivity contribution in [2.24, 2.45) is 5.73 Å². The van der Waals surface area contributed by atoms with E-state index in [0.717, 1.165) is 42.6 Å². The summed E-state index contributed by atoms with van der Waals surface area (Å²) in [4.78, 5) is 28.1. The van der Waals surface area contributed by atoms with E-state index in [0.29, 0.717) is 15.6 Å². The second-order valence-electron chi connectivity index (χ2n) is 8.11. The Labute approximate surface area is 193 Å². The minimum absolute atomic E-state index is 0.104. The average Bonchev–Trinajstić information content (AvgIpc) is 2.73. The lowest BCUT2D eigenvalue weighted by Crippen LogP contribution is -2.48. The first-order valence-electron chi connectivity index (χ1n) is 10.3. The van der Waals surface area contributed by atoms with E-state index < -0.39 is 5.91 Å². The Morgan fingerprint density at radius 2 is 1.81 bits per heavy atom. The summed E-state index contributed by atoms with van der Waals surface area (Å²) in [5.74, 6) is -0.531. The molecule has 1 saturated heterocycles. The number of nitrogens with zero attached hydrogens (tertiary/aromatic N) is 2. The maximum Gasteiger partial charge on any atom is 0.317 e. The van der Waals surface area contributed by atoms with E-state index in [-0.39, 0.29) is 18.1 Å². The van der Waals surface area contributed by atoms with Crippen molar-refractivity contribution < 1.29 is 9.59 Å². The van der Waals surface area contributed by atoms with E-state index in [1.165, 1.54) is 0 Å². The molecule has 6 nitrogen and oxygen atoms in total. The summed E-state index contributed by atoms with van der Waals surface area (Å²) in [6.45, 7) is 3.90. The Morgan fingerprint density at radius 1 is 1.13 bits per heavy atom. The molecule has 1 unspecified atom stereocenters. The third-order valence-corrected chi connectivity index (χ3v) is 6.57. The number of rotatable bonds is 5. The predicted molar refractivity (Wildman–Crippen MR) is 126 cm³/mol. The predicted octanol–water partition coefficient (Wildman–Crippen LogP) is 4.56. The van der Waals surface area contributed by atoms with Crippen molar-refractivity contribution in [1.82, 2.24) is 15.1 Å². The highest BCUT2D eigenvalue weighted by molar-refractivity contribution is 6.34. The van der Waals surface area contributed by atoms with Gasteiger partial charge in [0, 0.05) is 34.3 Å². The summed E-state index contributed by atoms with van der Waals surface area (Å²) >= 11 is 12.9. The number of halogens is 2. The van der Waals surface area contributed by atoms with Gasteiger partial charge in [0.05, 0.1) is 6.04 Å². The summed E-state index contributed by atoms with van der Waals surface area (Å²) in [6.07, 6.45) is 1.94. The van der Waals surface area contributed by atoms with Crippen molar-refractivity contribution in [2.75, 3.05) is 27.2 Å². The first kappa shape index (κ1) is 23.4. The summed E-state index contributed by atoms with van der Waals surface area (Å²) in [6, 6.07) is 10.4. The van der Waals surface area contributed by atoms with Crippen molar-refractivity contribution >= 4 is 35.1 Å². The number of carbonyl (C=O) groups excluding carboxylic acids is 2. The van der Waals surface area contributed by atoms with Crippen LogP contribution in [0.5, 0.6) is 0 Å². The maximum absolute atomic E-state index is 12.7. The monoisotopic (exact) mass is 462 g/mol. The first-order valence-corrected chi connectivity index (χ1v) is 11.0. The van der Waals surface area contributed by atoms with Crippen LogP contribution in [-0.2, 0) is 0 Å². The second-order valence-corrected chi connectivity index (χ2v) is 8.93. The fourth-order valence-electron chi connectivity index (χ4n) is 3.86. The number of nitrogens with one attached hydrogen (secondary N) is 1. The summed E-state index contributed by atoms with van der Waals surface area (Å²) in [5.41, 5.74) is 8.04. The zero-order chi connectivity index (χ0) is 22.7. The highest BCUT2D eigenvalue weighted by Gasteiger charge is 2.25. The smallest absolute Gasteiger partial charge is 0.317 e. The molecule has 31 heavy (non-hydrogen) atoms. The van der Waals surface area contributed by atoms with Crippen molar-refractivity contribution in [3.8, 4) is 11.1 Å². The molecule has 3 amide bonds. The molecule has 3 rings (SSSR count). The Bertz CT molecular complexity index is 974. The number of benzene rings is 2. The molecule has 0 saturated carbocycles. The largest absolute Gasteiger partial charge is 0.366 e. The van der Waals surface area contributed by atoms with Crippen LogP contribution in [0, 0.1) is 0 Å². The molecule has 166 valence electrons. The molecule has 1 heterocycles. The zero-order valence-electron chi connectivity index (χ0n) is 18.0. The van der Waals surface area contributed by atoms with Gasteiger partial charge in [-0.2, -0.15) is 0 Å². The molecule has 0 aliphatic carbocycles. The van der Waals surface area contributed by atoms with Gasteiger partial charge in [-0.15, -0.1) is 0 Å². The van der Waals surface area contributed by atoms with Crippen molar-refractivity contribution in [1.29, 1.82) is 0 Å². The van der Waals surface area contributed by atoms with Crippen LogP contribution < -0.4 is 11.1 Å². The number of urea groups is 1. The Kier molecular flexibility index (Phi) is 7.46. The number of likely N-dealkylation sites (tertiary alicyclic amines) is 1. The third-order valence-electron chi connectivity index (χ3n) is 5.93. The van der Waals surface area contributed by atoms with Gasteiger partial charge in [-0.25, -0.2) is 4.79 Å². The maximum atomic E-state index is 12.7. The van der Waals surface area contributed by atoms with E-state index in [1.54, 1.807) is 23.1 Å². The fourth-order valence-corrected chi connectivity index (χ4v) is 4.50. The number of nitrogens with two attached hydrogens (primary N) is 1. The molecule has 1 fully saturated rings. The Morgan fingerprint density at radius 3 is 2.39 bits per heavy atom. The lowest BCUT2D eigenvalue weighted by atomic mass is 10.00. The highest BCUT2D eigenvalue weighted by atomic mass is 35.5. The number of carbonyl (C=O) groups is 2. The van der Waals surface area contributed by atoms with Crippen molar-refractivity contribution in [2.45, 2.75) is 31.8 Å². The first-order chi connectivity index (χ1) is 14.7. The SMILES string of the molecule is CC(NC(=O)N(C)C1CCN(C)CC1)c1ccc(-c2ccc(C(N)=O)cc2Cl)cc1Cl. The van der Waals surface area contributed by atoms with Gasteiger partial charge in [0.15, 0.2) is 0 Å². The summed E-state index contributed by atoms with van der Waals surface area (Å²) < 4.78 is 0. The van der Waals surface area contributed by atoms with Crippen LogP contribution in [0.4, 0.5) is 4.79 Å². The lowest BCUT2D eigenvalue weighted by molar-refractivity contribution is 0.1000. The summed E-state index contributed by atoms with van der Waals surface area (Å²) in [5, 5.41) is 4.00. The Balaban J connectivity index is 1.71. The average molecular weight is 463 g/mol. The number of amides is 3. The fraction of sp³-hybridized carbons (Fsp3) is 0.391. The number of piperidine rings is 1. The third kappa shape index (κ3) is 5.50. The quantitative estimate of drug-likeness (QED) is 0.683. The molecule has 1 aliphatic rings. The van der Waals surface area contributed by atoms with E-state index in [9.17, 15) is 9.59 Å². The molecule has 3 N–H and O–H groups in total. The van der Waals surface area contributed by atoms with Crippen LogP contribution in [0.15, 0.2) is 36.4 Å². The van der Waals surface area contributed by atoms with Gasteiger partial charge in [0.2, 0.25) is 5.91 Å². The molecule has 0 bridgehead atoms. The minimum atomic E-state index is -0.531. The van der Waals surface area contributed by atoms with Crippen LogP contribution in [-0.4, -0.2) is 55.0 Å². The highest BCUT2D eigenvalue weighted by Crippen LogP contribution is 2.33. The van der Waals surface area contributed by atoms with Gasteiger partial charge in [0.1, 0.15) is 0 Å². The molecule has 8 heteroatoms. The van der Waals surface area contributed by atoms with Crippen LogP contribution in [0.3, 0.4) is 0 Å². The number of primary amides is 1. The van der Waals surface area contributed by atoms with Gasteiger partial charge >= 0.3 is 6.03 Å². The lowest BCUT2D eigenvalue weighted by Gasteiger charge is -2.35. The van der Waals surface area contributed by atoms with Crippen LogP contribution in [0.1, 0.15) is 41.7 Å². The van der Waals surface area contributed by atoms with Crippen LogP contribution in [0.2, 0.25) is 10.0 Å². The van der Waals surface area contributed by atoms with E-state index >= 15 is 0 Å². The molecule has 0 aromatic heterocycles. The molecular weight excluding hydrogens is 435 g/mol. The zero-order valence-corrected chi connectivity index (χ0v) is 19.5. The van der Waals surface area contributed by atoms with Crippen molar-refractivity contribution in [3.63, 3.8) is 0 Å². The number of hydrogen-bond acceptors (Lipinski definition) is 3. The van der Waals surface area contributed by atoms with Crippen molar-refractivity contribution in [3.05, 3.63) is 57.6 Å². The van der Waals surface area contributed by atoms with Gasteiger partial charge < -0.3 is 20.9 Å². The molecule has 1 aliphatic heterocycles. The van der Waals surface area contributed by atoms with Gasteiger partial charge in [-0.1, -0.05) is 41.4 Å². The van der Waals surface area contributed by atoms with Crippen LogP contribution >= 0.6 is 23.2 Å². The van der Waals surface area contributed by atoms with Gasteiger partial charge in [0.25, 0.3) is 0 Å². The summed E-state index contributed by atoms with van der Waals surface area (Å²) in [7, 11) is 3.95. The van der Waals surface area contributed by atoms with E-state index in [2.05, 4.69) is 17.3 Å². The topological polar surface area (TPSA) is 78.7 Å². The molecule has 1 atom stereocenters. The molecule has 0 spiro atoms. The molecule has 0 radical (unpaired) electrons.